The number of nitrogens with zero attached hydrogens (tertiary/aromatic N) is 4. The van der Waals surface area contributed by atoms with E-state index in [4.69, 9.17) is 14.2 Å². The fourth-order valence-electron chi connectivity index (χ4n) is 3.90. The van der Waals surface area contributed by atoms with Gasteiger partial charge in [0.15, 0.2) is 17.5 Å². The summed E-state index contributed by atoms with van der Waals surface area (Å²) in [4.78, 5) is 33.4. The molecule has 11 heteroatoms. The second-order valence-electron chi connectivity index (χ2n) is 7.47. The second kappa shape index (κ2) is 10.9. The molecular formula is C21H32N6O5. The van der Waals surface area contributed by atoms with Crippen LogP contribution in [0.2, 0.25) is 0 Å². The number of benzene rings is 1. The van der Waals surface area contributed by atoms with Crippen LogP contribution in [-0.2, 0) is 11.3 Å². The van der Waals surface area contributed by atoms with Crippen molar-refractivity contribution in [2.45, 2.75) is 6.54 Å². The van der Waals surface area contributed by atoms with Crippen LogP contribution >= 0.6 is 0 Å². The molecule has 0 aliphatic carbocycles. The lowest BCUT2D eigenvalue weighted by molar-refractivity contribution is -0.124. The first-order valence-corrected chi connectivity index (χ1v) is 10.6. The minimum Gasteiger partial charge on any atom is -0.493 e. The molecule has 3 rings (SSSR count). The minimum atomic E-state index is -0.341. The zero-order chi connectivity index (χ0) is 23.1. The molecule has 32 heavy (non-hydrogen) atoms. The summed E-state index contributed by atoms with van der Waals surface area (Å²) in [7, 11) is 6.56. The van der Waals surface area contributed by atoms with Crippen LogP contribution in [0.4, 0.5) is 4.79 Å². The highest BCUT2D eigenvalue weighted by Crippen LogP contribution is 2.38. The van der Waals surface area contributed by atoms with Crippen molar-refractivity contribution in [2.24, 2.45) is 4.99 Å². The first-order chi connectivity index (χ1) is 15.5. The Morgan fingerprint density at radius 3 is 2.22 bits per heavy atom. The third-order valence-electron chi connectivity index (χ3n) is 5.57. The second-order valence-corrected chi connectivity index (χ2v) is 7.47. The number of nitrogens with one attached hydrogen (secondary N) is 2. The van der Waals surface area contributed by atoms with Gasteiger partial charge in [0.05, 0.1) is 27.9 Å². The van der Waals surface area contributed by atoms with Gasteiger partial charge in [0.2, 0.25) is 11.7 Å². The van der Waals surface area contributed by atoms with Gasteiger partial charge in [-0.3, -0.25) is 19.6 Å². The number of aliphatic imine (C=N–C) groups is 1. The summed E-state index contributed by atoms with van der Waals surface area (Å²) in [6.07, 6.45) is 0. The van der Waals surface area contributed by atoms with E-state index >= 15 is 0 Å². The van der Waals surface area contributed by atoms with Crippen LogP contribution < -0.4 is 24.8 Å². The largest absolute Gasteiger partial charge is 0.493 e. The van der Waals surface area contributed by atoms with Gasteiger partial charge in [-0.2, -0.15) is 0 Å². The van der Waals surface area contributed by atoms with E-state index in [2.05, 4.69) is 25.4 Å². The number of methoxy groups -OCH3 is 3. The fraction of sp³-hybridized carbons (Fsp3) is 0.571. The van der Waals surface area contributed by atoms with Crippen LogP contribution in [0.15, 0.2) is 17.1 Å². The molecule has 2 aliphatic rings. The van der Waals surface area contributed by atoms with Crippen molar-refractivity contribution in [2.75, 3.05) is 74.2 Å². The Labute approximate surface area is 188 Å². The summed E-state index contributed by atoms with van der Waals surface area (Å²) >= 11 is 0. The summed E-state index contributed by atoms with van der Waals surface area (Å²) in [6, 6.07) is 3.61. The number of carbonyl (C=O) groups is 2. The Morgan fingerprint density at radius 1 is 1.06 bits per heavy atom. The van der Waals surface area contributed by atoms with Gasteiger partial charge in [0.25, 0.3) is 0 Å². The maximum absolute atomic E-state index is 11.7. The van der Waals surface area contributed by atoms with Gasteiger partial charge >= 0.3 is 6.03 Å². The number of guanidine groups is 1. The molecule has 2 heterocycles. The number of hydrogen-bond acceptors (Lipinski definition) is 7. The van der Waals surface area contributed by atoms with E-state index < -0.39 is 0 Å². The number of amides is 3. The number of urea groups is 1. The third kappa shape index (κ3) is 5.34. The highest BCUT2D eigenvalue weighted by atomic mass is 16.5. The number of rotatable bonds is 8. The molecule has 0 spiro atoms. The Hall–Kier alpha value is -3.21. The molecule has 0 bridgehead atoms. The smallest absolute Gasteiger partial charge is 0.324 e. The molecule has 0 radical (unpaired) electrons. The molecule has 11 nitrogen and oxygen atoms in total. The molecule has 2 fully saturated rings. The minimum absolute atomic E-state index is 0.0709. The lowest BCUT2D eigenvalue weighted by Gasteiger charge is -2.36. The van der Waals surface area contributed by atoms with E-state index in [1.165, 1.54) is 4.90 Å². The molecule has 0 aromatic heterocycles. The van der Waals surface area contributed by atoms with Crippen LogP contribution in [0.25, 0.3) is 0 Å². The lowest BCUT2D eigenvalue weighted by Crippen LogP contribution is -2.53. The Kier molecular flexibility index (Phi) is 7.98. The summed E-state index contributed by atoms with van der Waals surface area (Å²) < 4.78 is 16.3. The molecule has 2 saturated heterocycles. The van der Waals surface area contributed by atoms with Gasteiger partial charge in [-0.1, -0.05) is 0 Å². The molecule has 2 aliphatic heterocycles. The summed E-state index contributed by atoms with van der Waals surface area (Å²) in [5.74, 6) is 2.45. The standard InChI is InChI=1S/C21H32N6O5/c1-22-20(23-5-6-27-18(28)13-24-21(27)29)26-9-7-25(8-10-26)14-15-11-16(30-2)19(32-4)17(12-15)31-3/h11-12H,5-10,13-14H2,1-4H3,(H,22,23)(H,24,29). The fourth-order valence-corrected chi connectivity index (χ4v) is 3.90. The van der Waals surface area contributed by atoms with Crippen molar-refractivity contribution >= 4 is 17.9 Å². The van der Waals surface area contributed by atoms with Gasteiger partial charge in [-0.25, -0.2) is 4.79 Å². The van der Waals surface area contributed by atoms with Crippen LogP contribution in [0.3, 0.4) is 0 Å². The average Bonchev–Trinajstić information content (AvgIpc) is 3.13. The number of piperazine rings is 1. The Balaban J connectivity index is 1.51. The van der Waals surface area contributed by atoms with Crippen LogP contribution in [-0.4, -0.2) is 107 Å². The first kappa shape index (κ1) is 23.5. The van der Waals surface area contributed by atoms with Gasteiger partial charge in [0.1, 0.15) is 0 Å². The summed E-state index contributed by atoms with van der Waals surface area (Å²) in [5, 5.41) is 5.77. The van der Waals surface area contributed by atoms with Crippen molar-refractivity contribution in [3.8, 4) is 17.2 Å². The van der Waals surface area contributed by atoms with E-state index in [1.807, 2.05) is 12.1 Å². The first-order valence-electron chi connectivity index (χ1n) is 10.6. The van der Waals surface area contributed by atoms with Gasteiger partial charge in [-0.15, -0.1) is 0 Å². The van der Waals surface area contributed by atoms with E-state index in [0.29, 0.717) is 30.3 Å². The SMILES string of the molecule is CN=C(NCCN1C(=O)CNC1=O)N1CCN(Cc2cc(OC)c(OC)c(OC)c2)CC1. The van der Waals surface area contributed by atoms with Crippen molar-refractivity contribution in [3.05, 3.63) is 17.7 Å². The number of ether oxygens (including phenoxy) is 3. The van der Waals surface area contributed by atoms with Gasteiger partial charge in [0, 0.05) is 52.9 Å². The zero-order valence-electron chi connectivity index (χ0n) is 19.1. The monoisotopic (exact) mass is 448 g/mol. The molecule has 2 N–H and O–H groups in total. The van der Waals surface area contributed by atoms with E-state index in [9.17, 15) is 9.59 Å². The van der Waals surface area contributed by atoms with Gasteiger partial charge < -0.3 is 29.7 Å². The van der Waals surface area contributed by atoms with E-state index in [1.54, 1.807) is 28.4 Å². The summed E-state index contributed by atoms with van der Waals surface area (Å²) in [6.45, 7) is 4.96. The van der Waals surface area contributed by atoms with Crippen molar-refractivity contribution < 1.29 is 23.8 Å². The average molecular weight is 449 g/mol. The maximum Gasteiger partial charge on any atom is 0.324 e. The highest BCUT2D eigenvalue weighted by Gasteiger charge is 2.28. The topological polar surface area (TPSA) is 108 Å². The normalized spacial score (nSPS) is 17.4. The summed E-state index contributed by atoms with van der Waals surface area (Å²) in [5.41, 5.74) is 1.09. The molecule has 0 atom stereocenters. The van der Waals surface area contributed by atoms with Crippen molar-refractivity contribution in [1.29, 1.82) is 0 Å². The van der Waals surface area contributed by atoms with E-state index in [0.717, 1.165) is 44.2 Å². The van der Waals surface area contributed by atoms with Crippen molar-refractivity contribution in [1.82, 2.24) is 25.3 Å². The number of carbonyl (C=O) groups excluding carboxylic acids is 2. The van der Waals surface area contributed by atoms with Gasteiger partial charge in [-0.05, 0) is 17.7 Å². The molecule has 3 amide bonds. The molecule has 0 unspecified atom stereocenters. The van der Waals surface area contributed by atoms with Crippen LogP contribution in [0.1, 0.15) is 5.56 Å². The van der Waals surface area contributed by atoms with Crippen LogP contribution in [0, 0.1) is 0 Å². The van der Waals surface area contributed by atoms with Crippen molar-refractivity contribution in [3.63, 3.8) is 0 Å². The molecule has 1 aromatic rings. The molecule has 0 saturated carbocycles. The predicted octanol–water partition coefficient (Wildman–Crippen LogP) is -0.0428. The zero-order valence-corrected chi connectivity index (χ0v) is 19.1. The Bertz CT molecular complexity index is 812. The highest BCUT2D eigenvalue weighted by molar-refractivity contribution is 6.01. The van der Waals surface area contributed by atoms with Crippen LogP contribution in [0.5, 0.6) is 17.2 Å². The quantitative estimate of drug-likeness (QED) is 0.324. The molecular weight excluding hydrogens is 416 g/mol. The third-order valence-corrected chi connectivity index (χ3v) is 5.57. The molecule has 1 aromatic carbocycles. The molecule has 176 valence electrons. The van der Waals surface area contributed by atoms with E-state index in [-0.39, 0.29) is 18.5 Å². The number of hydrogen-bond donors (Lipinski definition) is 2. The lowest BCUT2D eigenvalue weighted by atomic mass is 10.1. The predicted molar refractivity (Wildman–Crippen MR) is 119 cm³/mol. The Morgan fingerprint density at radius 2 is 1.72 bits per heavy atom. The maximum atomic E-state index is 11.7. The number of imide groups is 1.